The van der Waals surface area contributed by atoms with Crippen LogP contribution < -0.4 is 15.1 Å². The quantitative estimate of drug-likeness (QED) is 0.762. The van der Waals surface area contributed by atoms with Gasteiger partial charge in [-0.05, 0) is 63.4 Å². The molecule has 1 unspecified atom stereocenters. The van der Waals surface area contributed by atoms with E-state index in [1.165, 1.54) is 25.0 Å². The van der Waals surface area contributed by atoms with Crippen LogP contribution in [0.25, 0.3) is 0 Å². The number of benzene rings is 1. The normalized spacial score (nSPS) is 19.4. The first-order chi connectivity index (χ1) is 13.7. The summed E-state index contributed by atoms with van der Waals surface area (Å²) < 4.78 is 13.4. The molecule has 2 aromatic rings. The van der Waals surface area contributed by atoms with Gasteiger partial charge in [0.05, 0.1) is 18.3 Å². The van der Waals surface area contributed by atoms with Gasteiger partial charge >= 0.3 is 0 Å². The average molecular weight is 403 g/mol. The number of nitrogens with one attached hydrogen (secondary N) is 1. The van der Waals surface area contributed by atoms with Crippen LogP contribution in [0, 0.1) is 5.82 Å². The molecular weight excluding hydrogens is 375 g/mol. The van der Waals surface area contributed by atoms with E-state index in [2.05, 4.69) is 17.1 Å². The summed E-state index contributed by atoms with van der Waals surface area (Å²) in [4.78, 5) is 22.1. The van der Waals surface area contributed by atoms with Crippen molar-refractivity contribution in [3.05, 3.63) is 41.2 Å². The average Bonchev–Trinajstić information content (AvgIpc) is 3.46. The van der Waals surface area contributed by atoms with Gasteiger partial charge < -0.3 is 15.1 Å². The van der Waals surface area contributed by atoms with Crippen LogP contribution in [0.3, 0.4) is 0 Å². The second kappa shape index (κ2) is 8.57. The van der Waals surface area contributed by atoms with Crippen molar-refractivity contribution < 1.29 is 9.18 Å². The van der Waals surface area contributed by atoms with Gasteiger partial charge in [-0.15, -0.1) is 11.3 Å². The first kappa shape index (κ1) is 19.3. The zero-order valence-electron chi connectivity index (χ0n) is 16.2. The fraction of sp³-hybridized carbons (Fsp3) is 0.524. The van der Waals surface area contributed by atoms with Crippen molar-refractivity contribution in [3.8, 4) is 0 Å². The number of anilines is 2. The van der Waals surface area contributed by atoms with Gasteiger partial charge in [-0.1, -0.05) is 6.42 Å². The predicted molar refractivity (Wildman–Crippen MR) is 111 cm³/mol. The molecule has 1 saturated heterocycles. The van der Waals surface area contributed by atoms with Crippen molar-refractivity contribution in [1.82, 2.24) is 10.3 Å². The van der Waals surface area contributed by atoms with Gasteiger partial charge in [0, 0.05) is 23.7 Å². The summed E-state index contributed by atoms with van der Waals surface area (Å²) in [5.41, 5.74) is 1.59. The van der Waals surface area contributed by atoms with Gasteiger partial charge in [-0.25, -0.2) is 9.37 Å². The molecule has 1 amide bonds. The fourth-order valence-electron chi connectivity index (χ4n) is 3.77. The molecule has 5 nitrogen and oxygen atoms in total. The lowest BCUT2D eigenvalue weighted by Gasteiger charge is -2.30. The van der Waals surface area contributed by atoms with E-state index in [9.17, 15) is 9.18 Å². The Bertz CT molecular complexity index is 799. The lowest BCUT2D eigenvalue weighted by atomic mass is 10.0. The van der Waals surface area contributed by atoms with Gasteiger partial charge in [-0.3, -0.25) is 4.79 Å². The minimum Gasteiger partial charge on any atom is -0.345 e. The van der Waals surface area contributed by atoms with Gasteiger partial charge in [0.25, 0.3) is 0 Å². The summed E-state index contributed by atoms with van der Waals surface area (Å²) in [5.74, 6) is -0.263. The number of piperidine rings is 1. The lowest BCUT2D eigenvalue weighted by Crippen LogP contribution is -2.48. The molecule has 1 aliphatic carbocycles. The molecule has 2 heterocycles. The molecule has 150 valence electrons. The minimum absolute atomic E-state index is 0.0374. The van der Waals surface area contributed by atoms with E-state index in [4.69, 9.17) is 4.98 Å². The third kappa shape index (κ3) is 4.36. The first-order valence-electron chi connectivity index (χ1n) is 10.2. The molecule has 1 N–H and O–H groups in total. The molecule has 1 aromatic carbocycles. The van der Waals surface area contributed by atoms with Gasteiger partial charge in [0.15, 0.2) is 5.13 Å². The number of carbonyl (C=O) groups is 1. The highest BCUT2D eigenvalue weighted by atomic mass is 32.1. The van der Waals surface area contributed by atoms with E-state index in [1.807, 2.05) is 5.38 Å². The van der Waals surface area contributed by atoms with E-state index in [0.717, 1.165) is 43.2 Å². The largest absolute Gasteiger partial charge is 0.345 e. The van der Waals surface area contributed by atoms with Gasteiger partial charge in [0.1, 0.15) is 5.82 Å². The molecule has 28 heavy (non-hydrogen) atoms. The van der Waals surface area contributed by atoms with Crippen molar-refractivity contribution in [2.45, 2.75) is 57.7 Å². The minimum atomic E-state index is -0.300. The standard InChI is InChI=1S/C21H27FN4OS/c1-2-25(17-10-11-17)21-24-16(14-28-21)13-26(18-8-6-15(22)7-9-18)20(27)19-5-3-4-12-23-19/h6-9,14,17,19,23H,2-5,10-13H2,1H3. The number of carbonyl (C=O) groups excluding carboxylic acids is 1. The first-order valence-corrected chi connectivity index (χ1v) is 11.0. The van der Waals surface area contributed by atoms with Crippen molar-refractivity contribution in [3.63, 3.8) is 0 Å². The monoisotopic (exact) mass is 402 g/mol. The number of hydrogen-bond acceptors (Lipinski definition) is 5. The fourth-order valence-corrected chi connectivity index (χ4v) is 4.72. The topological polar surface area (TPSA) is 48.5 Å². The van der Waals surface area contributed by atoms with Crippen LogP contribution in [0.4, 0.5) is 15.2 Å². The second-order valence-electron chi connectivity index (χ2n) is 7.54. The third-order valence-electron chi connectivity index (χ3n) is 5.45. The molecule has 1 aliphatic heterocycles. The number of thiazole rings is 1. The number of nitrogens with zero attached hydrogens (tertiary/aromatic N) is 3. The lowest BCUT2D eigenvalue weighted by molar-refractivity contribution is -0.121. The van der Waals surface area contributed by atoms with Crippen LogP contribution in [-0.4, -0.2) is 36.1 Å². The highest BCUT2D eigenvalue weighted by Crippen LogP contribution is 2.33. The number of hydrogen-bond donors (Lipinski definition) is 1. The van der Waals surface area contributed by atoms with Crippen LogP contribution >= 0.6 is 11.3 Å². The number of rotatable bonds is 7. The van der Waals surface area contributed by atoms with Crippen molar-refractivity contribution in [1.29, 1.82) is 0 Å². The van der Waals surface area contributed by atoms with Crippen molar-refractivity contribution >= 4 is 28.1 Å². The predicted octanol–water partition coefficient (Wildman–Crippen LogP) is 3.95. The van der Waals surface area contributed by atoms with Crippen LogP contribution in [0.5, 0.6) is 0 Å². The number of halogens is 1. The molecule has 0 bridgehead atoms. The number of amides is 1. The molecule has 4 rings (SSSR count). The van der Waals surface area contributed by atoms with Crippen molar-refractivity contribution in [2.24, 2.45) is 0 Å². The van der Waals surface area contributed by atoms with E-state index < -0.39 is 0 Å². The molecule has 7 heteroatoms. The molecule has 1 saturated carbocycles. The maximum atomic E-state index is 13.4. The third-order valence-corrected chi connectivity index (χ3v) is 6.37. The zero-order valence-corrected chi connectivity index (χ0v) is 17.1. The summed E-state index contributed by atoms with van der Waals surface area (Å²) in [6.07, 6.45) is 5.45. The van der Waals surface area contributed by atoms with E-state index in [1.54, 1.807) is 28.4 Å². The van der Waals surface area contributed by atoms with E-state index in [0.29, 0.717) is 18.3 Å². The maximum absolute atomic E-state index is 13.4. The highest BCUT2D eigenvalue weighted by molar-refractivity contribution is 7.13. The smallest absolute Gasteiger partial charge is 0.244 e. The molecule has 2 fully saturated rings. The highest BCUT2D eigenvalue weighted by Gasteiger charge is 2.31. The van der Waals surface area contributed by atoms with Crippen LogP contribution in [0.1, 0.15) is 44.7 Å². The molecule has 1 atom stereocenters. The van der Waals surface area contributed by atoms with E-state index in [-0.39, 0.29) is 17.8 Å². The van der Waals surface area contributed by atoms with Crippen LogP contribution in [-0.2, 0) is 11.3 Å². The molecule has 2 aliphatic rings. The summed E-state index contributed by atoms with van der Waals surface area (Å²) in [5, 5.41) is 6.40. The Morgan fingerprint density at radius 3 is 2.68 bits per heavy atom. The molecule has 1 aromatic heterocycles. The summed E-state index contributed by atoms with van der Waals surface area (Å²) >= 11 is 1.64. The Hall–Kier alpha value is -1.99. The Balaban J connectivity index is 1.55. The molecular formula is C21H27FN4OS. The number of aromatic nitrogens is 1. The Kier molecular flexibility index (Phi) is 5.92. The second-order valence-corrected chi connectivity index (χ2v) is 8.38. The molecule has 0 spiro atoms. The summed E-state index contributed by atoms with van der Waals surface area (Å²) in [6.45, 7) is 4.37. The summed E-state index contributed by atoms with van der Waals surface area (Å²) in [7, 11) is 0. The molecule has 0 radical (unpaired) electrons. The zero-order chi connectivity index (χ0) is 19.5. The van der Waals surface area contributed by atoms with Crippen LogP contribution in [0.2, 0.25) is 0 Å². The Morgan fingerprint density at radius 2 is 2.04 bits per heavy atom. The van der Waals surface area contributed by atoms with Crippen LogP contribution in [0.15, 0.2) is 29.6 Å². The van der Waals surface area contributed by atoms with Gasteiger partial charge in [-0.2, -0.15) is 0 Å². The SMILES string of the molecule is CCN(c1nc(CN(C(=O)C2CCCCN2)c2ccc(F)cc2)cs1)C1CC1. The maximum Gasteiger partial charge on any atom is 0.244 e. The van der Waals surface area contributed by atoms with Crippen molar-refractivity contribution in [2.75, 3.05) is 22.9 Å². The van der Waals surface area contributed by atoms with Gasteiger partial charge in [0.2, 0.25) is 5.91 Å². The van der Waals surface area contributed by atoms with E-state index >= 15 is 0 Å². The Morgan fingerprint density at radius 1 is 1.25 bits per heavy atom. The Labute approximate surface area is 169 Å². The summed E-state index contributed by atoms with van der Waals surface area (Å²) in [6, 6.07) is 6.59.